The van der Waals surface area contributed by atoms with E-state index < -0.39 is 21.9 Å². The molecule has 0 saturated heterocycles. The van der Waals surface area contributed by atoms with Crippen molar-refractivity contribution in [3.63, 3.8) is 0 Å². The minimum atomic E-state index is -3.63. The predicted molar refractivity (Wildman–Crippen MR) is 144 cm³/mol. The van der Waals surface area contributed by atoms with Crippen molar-refractivity contribution >= 4 is 27.5 Å². The van der Waals surface area contributed by atoms with Gasteiger partial charge in [0.05, 0.1) is 11.9 Å². The first kappa shape index (κ1) is 28.6. The Hall–Kier alpha value is -2.94. The molecule has 3 rings (SSSR count). The fourth-order valence-corrected chi connectivity index (χ4v) is 5.62. The molecule has 1 atom stereocenters. The lowest BCUT2D eigenvalue weighted by molar-refractivity contribution is -0.141. The first-order valence-electron chi connectivity index (χ1n) is 12.9. The summed E-state index contributed by atoms with van der Waals surface area (Å²) in [6.07, 6.45) is 6.68. The number of nitrogens with zero attached hydrogens (tertiary/aromatic N) is 2. The van der Waals surface area contributed by atoms with Crippen LogP contribution in [0.25, 0.3) is 0 Å². The van der Waals surface area contributed by atoms with Crippen molar-refractivity contribution in [2.45, 2.75) is 77.4 Å². The zero-order chi connectivity index (χ0) is 27.0. The Morgan fingerprint density at radius 3 is 2.24 bits per heavy atom. The van der Waals surface area contributed by atoms with Crippen molar-refractivity contribution in [1.82, 2.24) is 10.2 Å². The molecule has 1 saturated carbocycles. The standard InChI is InChI=1S/C28H38FN3O4S/c1-21-11-13-23(14-12-21)20-31(22(2)28(34)30-25-8-5-4-6-9-25)27(33)10-7-19-32(37(3,35)36)26-17-15-24(29)16-18-26/h11-18,22,25H,4-10,19-20H2,1-3H3,(H,30,34). The maximum Gasteiger partial charge on any atom is 0.242 e. The van der Waals surface area contributed by atoms with Gasteiger partial charge in [-0.25, -0.2) is 12.8 Å². The molecule has 0 heterocycles. The number of amides is 2. The molecule has 7 nitrogen and oxygen atoms in total. The van der Waals surface area contributed by atoms with Gasteiger partial charge < -0.3 is 10.2 Å². The second-order valence-corrected chi connectivity index (χ2v) is 11.8. The van der Waals surface area contributed by atoms with Crippen LogP contribution in [0, 0.1) is 12.7 Å². The summed E-state index contributed by atoms with van der Waals surface area (Å²) < 4.78 is 39.2. The molecular formula is C28H38FN3O4S. The average molecular weight is 532 g/mol. The van der Waals surface area contributed by atoms with Gasteiger partial charge in [-0.2, -0.15) is 0 Å². The molecule has 0 aliphatic heterocycles. The van der Waals surface area contributed by atoms with Gasteiger partial charge in [-0.15, -0.1) is 0 Å². The van der Waals surface area contributed by atoms with E-state index in [2.05, 4.69) is 5.32 Å². The third-order valence-corrected chi connectivity index (χ3v) is 8.05. The molecule has 1 aliphatic rings. The molecule has 0 spiro atoms. The molecule has 1 aliphatic carbocycles. The van der Waals surface area contributed by atoms with Gasteiger partial charge in [0.2, 0.25) is 21.8 Å². The normalized spacial score (nSPS) is 15.1. The van der Waals surface area contributed by atoms with Gasteiger partial charge in [-0.3, -0.25) is 13.9 Å². The second kappa shape index (κ2) is 13.0. The SMILES string of the molecule is Cc1ccc(CN(C(=O)CCCN(c2ccc(F)cc2)S(C)(=O)=O)C(C)C(=O)NC2CCCCC2)cc1. The van der Waals surface area contributed by atoms with Crippen LogP contribution in [-0.2, 0) is 26.2 Å². The number of sulfonamides is 1. The van der Waals surface area contributed by atoms with E-state index in [9.17, 15) is 22.4 Å². The predicted octanol–water partition coefficient (Wildman–Crippen LogP) is 4.55. The van der Waals surface area contributed by atoms with Crippen LogP contribution >= 0.6 is 0 Å². The molecule has 202 valence electrons. The van der Waals surface area contributed by atoms with E-state index in [-0.39, 0.29) is 43.8 Å². The molecule has 2 aromatic carbocycles. The van der Waals surface area contributed by atoms with Crippen molar-refractivity contribution in [1.29, 1.82) is 0 Å². The summed E-state index contributed by atoms with van der Waals surface area (Å²) in [6, 6.07) is 12.5. The summed E-state index contributed by atoms with van der Waals surface area (Å²) in [5.41, 5.74) is 2.36. The third kappa shape index (κ3) is 8.55. The highest BCUT2D eigenvalue weighted by atomic mass is 32.2. The first-order chi connectivity index (χ1) is 17.5. The molecule has 1 unspecified atom stereocenters. The number of rotatable bonds is 11. The Balaban J connectivity index is 1.70. The third-order valence-electron chi connectivity index (χ3n) is 6.86. The highest BCUT2D eigenvalue weighted by molar-refractivity contribution is 7.92. The van der Waals surface area contributed by atoms with Crippen LogP contribution in [0.4, 0.5) is 10.1 Å². The Labute approximate surface area is 220 Å². The maximum atomic E-state index is 13.4. The van der Waals surface area contributed by atoms with E-state index in [0.29, 0.717) is 5.69 Å². The van der Waals surface area contributed by atoms with Crippen LogP contribution < -0.4 is 9.62 Å². The van der Waals surface area contributed by atoms with E-state index in [0.717, 1.165) is 43.1 Å². The largest absolute Gasteiger partial charge is 0.352 e. The number of carbonyl (C=O) groups excluding carboxylic acids is 2. The van der Waals surface area contributed by atoms with Gasteiger partial charge >= 0.3 is 0 Å². The molecule has 1 N–H and O–H groups in total. The molecule has 0 radical (unpaired) electrons. The number of hydrogen-bond donors (Lipinski definition) is 1. The van der Waals surface area contributed by atoms with Gasteiger partial charge in [0, 0.05) is 25.6 Å². The van der Waals surface area contributed by atoms with Crippen molar-refractivity contribution in [3.8, 4) is 0 Å². The Morgan fingerprint density at radius 1 is 1.03 bits per heavy atom. The summed E-state index contributed by atoms with van der Waals surface area (Å²) >= 11 is 0. The van der Waals surface area contributed by atoms with Crippen LogP contribution in [0.2, 0.25) is 0 Å². The van der Waals surface area contributed by atoms with E-state index in [1.807, 2.05) is 31.2 Å². The molecule has 2 amide bonds. The minimum Gasteiger partial charge on any atom is -0.352 e. The molecule has 0 bridgehead atoms. The number of hydrogen-bond acceptors (Lipinski definition) is 4. The first-order valence-corrected chi connectivity index (χ1v) is 14.8. The van der Waals surface area contributed by atoms with Crippen molar-refractivity contribution in [3.05, 3.63) is 65.5 Å². The zero-order valence-corrected chi connectivity index (χ0v) is 22.8. The van der Waals surface area contributed by atoms with Gasteiger partial charge in [0.25, 0.3) is 0 Å². The van der Waals surface area contributed by atoms with Gasteiger partial charge in [0.15, 0.2) is 0 Å². The van der Waals surface area contributed by atoms with E-state index in [1.165, 1.54) is 35.0 Å². The molecule has 0 aromatic heterocycles. The minimum absolute atomic E-state index is 0.0667. The molecular weight excluding hydrogens is 493 g/mol. The fraction of sp³-hybridized carbons (Fsp3) is 0.500. The van der Waals surface area contributed by atoms with Crippen LogP contribution in [0.5, 0.6) is 0 Å². The monoisotopic (exact) mass is 531 g/mol. The number of nitrogens with one attached hydrogen (secondary N) is 1. The smallest absolute Gasteiger partial charge is 0.242 e. The van der Waals surface area contributed by atoms with Crippen molar-refractivity contribution in [2.24, 2.45) is 0 Å². The Bertz CT molecular complexity index is 1150. The zero-order valence-electron chi connectivity index (χ0n) is 22.0. The number of anilines is 1. The van der Waals surface area contributed by atoms with Gasteiger partial charge in [-0.1, -0.05) is 49.1 Å². The van der Waals surface area contributed by atoms with Crippen LogP contribution in [0.15, 0.2) is 48.5 Å². The highest BCUT2D eigenvalue weighted by Crippen LogP contribution is 2.21. The number of halogens is 1. The van der Waals surface area contributed by atoms with Gasteiger partial charge in [-0.05, 0) is 62.9 Å². The van der Waals surface area contributed by atoms with Crippen LogP contribution in [-0.4, -0.2) is 50.0 Å². The topological polar surface area (TPSA) is 86.8 Å². The fourth-order valence-electron chi connectivity index (χ4n) is 4.65. The molecule has 9 heteroatoms. The second-order valence-electron chi connectivity index (χ2n) is 9.94. The summed E-state index contributed by atoms with van der Waals surface area (Å²) in [5, 5.41) is 3.12. The van der Waals surface area contributed by atoms with Crippen LogP contribution in [0.3, 0.4) is 0 Å². The van der Waals surface area contributed by atoms with E-state index >= 15 is 0 Å². The summed E-state index contributed by atoms with van der Waals surface area (Å²) in [6.45, 7) is 4.08. The van der Waals surface area contributed by atoms with Crippen molar-refractivity contribution in [2.75, 3.05) is 17.1 Å². The Morgan fingerprint density at radius 2 is 1.65 bits per heavy atom. The van der Waals surface area contributed by atoms with E-state index in [1.54, 1.807) is 11.8 Å². The summed E-state index contributed by atoms with van der Waals surface area (Å²) in [7, 11) is -3.63. The lowest BCUT2D eigenvalue weighted by Gasteiger charge is -2.31. The lowest BCUT2D eigenvalue weighted by atomic mass is 9.95. The van der Waals surface area contributed by atoms with Crippen LogP contribution in [0.1, 0.15) is 63.0 Å². The number of carbonyl (C=O) groups is 2. The molecule has 37 heavy (non-hydrogen) atoms. The number of aryl methyl sites for hydroxylation is 1. The lowest BCUT2D eigenvalue weighted by Crippen LogP contribution is -2.50. The molecule has 2 aromatic rings. The summed E-state index contributed by atoms with van der Waals surface area (Å²) in [4.78, 5) is 28.1. The Kier molecular flexibility index (Phi) is 10.1. The summed E-state index contributed by atoms with van der Waals surface area (Å²) in [5.74, 6) is -0.851. The van der Waals surface area contributed by atoms with Gasteiger partial charge in [0.1, 0.15) is 11.9 Å². The molecule has 1 fully saturated rings. The highest BCUT2D eigenvalue weighted by Gasteiger charge is 2.28. The average Bonchev–Trinajstić information content (AvgIpc) is 2.86. The maximum absolute atomic E-state index is 13.4. The van der Waals surface area contributed by atoms with Crippen molar-refractivity contribution < 1.29 is 22.4 Å². The quantitative estimate of drug-likeness (QED) is 0.461. The van der Waals surface area contributed by atoms with E-state index in [4.69, 9.17) is 0 Å². The number of benzene rings is 2.